The van der Waals surface area contributed by atoms with Gasteiger partial charge in [0.1, 0.15) is 17.7 Å². The van der Waals surface area contributed by atoms with Crippen molar-refractivity contribution in [2.75, 3.05) is 20.2 Å². The molecule has 6 heteroatoms. The van der Waals surface area contributed by atoms with Crippen molar-refractivity contribution < 1.29 is 9.15 Å². The molecule has 0 aliphatic rings. The van der Waals surface area contributed by atoms with E-state index >= 15 is 0 Å². The van der Waals surface area contributed by atoms with E-state index in [0.29, 0.717) is 12.4 Å². The van der Waals surface area contributed by atoms with Crippen LogP contribution in [0.1, 0.15) is 18.2 Å². The summed E-state index contributed by atoms with van der Waals surface area (Å²) in [6.07, 6.45) is 2.56. The lowest BCUT2D eigenvalue weighted by Crippen LogP contribution is -2.38. The standard InChI is InChI=1S/C22H26N4O2/c1-3-23-22(24-14-13-17-9-11-20(27-2)12-10-17)25-15-19-16-28-21(26-19)18-7-5-4-6-8-18/h4-12,16H,3,13-15H2,1-2H3,(H2,23,24,25). The van der Waals surface area contributed by atoms with Crippen molar-refractivity contribution in [3.8, 4) is 17.2 Å². The van der Waals surface area contributed by atoms with E-state index in [2.05, 4.69) is 32.7 Å². The molecule has 0 spiro atoms. The van der Waals surface area contributed by atoms with Crippen LogP contribution in [0.4, 0.5) is 0 Å². The third-order valence-corrected chi connectivity index (χ3v) is 4.18. The third kappa shape index (κ3) is 5.61. The highest BCUT2D eigenvalue weighted by molar-refractivity contribution is 5.79. The van der Waals surface area contributed by atoms with Gasteiger partial charge in [0.25, 0.3) is 0 Å². The van der Waals surface area contributed by atoms with Gasteiger partial charge in [-0.25, -0.2) is 9.98 Å². The molecular formula is C22H26N4O2. The van der Waals surface area contributed by atoms with Gasteiger partial charge in [0.15, 0.2) is 5.96 Å². The van der Waals surface area contributed by atoms with Gasteiger partial charge in [0.2, 0.25) is 5.89 Å². The number of nitrogens with one attached hydrogen (secondary N) is 2. The number of guanidine groups is 1. The molecule has 1 heterocycles. The fraction of sp³-hybridized carbons (Fsp3) is 0.273. The van der Waals surface area contributed by atoms with Crippen LogP contribution in [0.5, 0.6) is 5.75 Å². The van der Waals surface area contributed by atoms with Crippen molar-refractivity contribution in [1.82, 2.24) is 15.6 Å². The average Bonchev–Trinajstić information content (AvgIpc) is 3.22. The fourth-order valence-electron chi connectivity index (χ4n) is 2.71. The first-order chi connectivity index (χ1) is 13.8. The van der Waals surface area contributed by atoms with Gasteiger partial charge in [-0.15, -0.1) is 0 Å². The Kier molecular flexibility index (Phi) is 7.07. The predicted octanol–water partition coefficient (Wildman–Crippen LogP) is 3.65. The number of aromatic nitrogens is 1. The van der Waals surface area contributed by atoms with Crippen LogP contribution >= 0.6 is 0 Å². The molecule has 3 aromatic rings. The molecule has 1 aromatic heterocycles. The van der Waals surface area contributed by atoms with E-state index in [0.717, 1.165) is 42.5 Å². The molecule has 2 N–H and O–H groups in total. The Bertz CT molecular complexity index is 873. The minimum Gasteiger partial charge on any atom is -0.497 e. The van der Waals surface area contributed by atoms with Crippen LogP contribution in [-0.4, -0.2) is 31.1 Å². The highest BCUT2D eigenvalue weighted by Gasteiger charge is 2.06. The maximum Gasteiger partial charge on any atom is 0.226 e. The quantitative estimate of drug-likeness (QED) is 0.462. The molecule has 0 aliphatic heterocycles. The van der Waals surface area contributed by atoms with Crippen molar-refractivity contribution >= 4 is 5.96 Å². The predicted molar refractivity (Wildman–Crippen MR) is 111 cm³/mol. The Hall–Kier alpha value is -3.28. The summed E-state index contributed by atoms with van der Waals surface area (Å²) in [4.78, 5) is 9.12. The van der Waals surface area contributed by atoms with E-state index in [1.54, 1.807) is 13.4 Å². The zero-order valence-corrected chi connectivity index (χ0v) is 16.3. The van der Waals surface area contributed by atoms with Crippen molar-refractivity contribution in [3.05, 3.63) is 72.1 Å². The summed E-state index contributed by atoms with van der Waals surface area (Å²) in [6, 6.07) is 18.0. The fourth-order valence-corrected chi connectivity index (χ4v) is 2.71. The maximum atomic E-state index is 5.57. The van der Waals surface area contributed by atoms with Crippen LogP contribution in [0.2, 0.25) is 0 Å². The molecule has 2 aromatic carbocycles. The van der Waals surface area contributed by atoms with E-state index < -0.39 is 0 Å². The van der Waals surface area contributed by atoms with Gasteiger partial charge in [-0.1, -0.05) is 30.3 Å². The van der Waals surface area contributed by atoms with Crippen LogP contribution in [-0.2, 0) is 13.0 Å². The van der Waals surface area contributed by atoms with Crippen LogP contribution in [0.25, 0.3) is 11.5 Å². The van der Waals surface area contributed by atoms with Gasteiger partial charge < -0.3 is 19.8 Å². The first-order valence-corrected chi connectivity index (χ1v) is 9.43. The molecule has 6 nitrogen and oxygen atoms in total. The van der Waals surface area contributed by atoms with E-state index in [9.17, 15) is 0 Å². The smallest absolute Gasteiger partial charge is 0.226 e. The Morgan fingerprint density at radius 1 is 1.07 bits per heavy atom. The van der Waals surface area contributed by atoms with Crippen molar-refractivity contribution in [1.29, 1.82) is 0 Å². The molecule has 146 valence electrons. The molecule has 0 bridgehead atoms. The summed E-state index contributed by atoms with van der Waals surface area (Å²) in [6.45, 7) is 4.08. The Labute approximate surface area is 165 Å². The number of nitrogens with zero attached hydrogens (tertiary/aromatic N) is 2. The van der Waals surface area contributed by atoms with Crippen molar-refractivity contribution in [2.24, 2.45) is 4.99 Å². The minimum absolute atomic E-state index is 0.453. The number of hydrogen-bond acceptors (Lipinski definition) is 4. The molecular weight excluding hydrogens is 352 g/mol. The van der Waals surface area contributed by atoms with Crippen LogP contribution in [0.15, 0.2) is 70.3 Å². The first kappa shape index (κ1) is 19.5. The van der Waals surface area contributed by atoms with E-state index in [4.69, 9.17) is 9.15 Å². The van der Waals surface area contributed by atoms with E-state index in [-0.39, 0.29) is 0 Å². The Morgan fingerprint density at radius 3 is 2.57 bits per heavy atom. The summed E-state index contributed by atoms with van der Waals surface area (Å²) in [5, 5.41) is 6.61. The SMILES string of the molecule is CCNC(=NCc1coc(-c2ccccc2)n1)NCCc1ccc(OC)cc1. The van der Waals surface area contributed by atoms with Gasteiger partial charge in [-0.05, 0) is 43.2 Å². The second-order valence-corrected chi connectivity index (χ2v) is 6.23. The van der Waals surface area contributed by atoms with E-state index in [1.807, 2.05) is 49.4 Å². The highest BCUT2D eigenvalue weighted by Crippen LogP contribution is 2.18. The molecule has 3 rings (SSSR count). The molecule has 28 heavy (non-hydrogen) atoms. The monoisotopic (exact) mass is 378 g/mol. The zero-order valence-electron chi connectivity index (χ0n) is 16.3. The first-order valence-electron chi connectivity index (χ1n) is 9.43. The van der Waals surface area contributed by atoms with Crippen molar-refractivity contribution in [3.63, 3.8) is 0 Å². The molecule has 0 atom stereocenters. The number of hydrogen-bond donors (Lipinski definition) is 2. The number of rotatable bonds is 8. The summed E-state index contributed by atoms with van der Waals surface area (Å²) >= 11 is 0. The largest absolute Gasteiger partial charge is 0.497 e. The molecule has 0 amide bonds. The van der Waals surface area contributed by atoms with Gasteiger partial charge in [-0.2, -0.15) is 0 Å². The summed E-state index contributed by atoms with van der Waals surface area (Å²) < 4.78 is 10.8. The van der Waals surface area contributed by atoms with Crippen LogP contribution in [0.3, 0.4) is 0 Å². The minimum atomic E-state index is 0.453. The number of aliphatic imine (C=N–C) groups is 1. The van der Waals surface area contributed by atoms with Gasteiger partial charge in [-0.3, -0.25) is 0 Å². The summed E-state index contributed by atoms with van der Waals surface area (Å²) in [5.41, 5.74) is 3.00. The molecule has 0 saturated heterocycles. The maximum absolute atomic E-state index is 5.57. The highest BCUT2D eigenvalue weighted by atomic mass is 16.5. The second-order valence-electron chi connectivity index (χ2n) is 6.23. The topological polar surface area (TPSA) is 71.7 Å². The third-order valence-electron chi connectivity index (χ3n) is 4.18. The lowest BCUT2D eigenvalue weighted by molar-refractivity contribution is 0.414. The lowest BCUT2D eigenvalue weighted by Gasteiger charge is -2.11. The molecule has 0 aliphatic carbocycles. The number of oxazole rings is 1. The Balaban J connectivity index is 1.54. The van der Waals surface area contributed by atoms with Gasteiger partial charge in [0, 0.05) is 18.7 Å². The lowest BCUT2D eigenvalue weighted by atomic mass is 10.1. The van der Waals surface area contributed by atoms with Crippen LogP contribution < -0.4 is 15.4 Å². The zero-order chi connectivity index (χ0) is 19.6. The summed E-state index contributed by atoms with van der Waals surface area (Å²) in [5.74, 6) is 2.25. The average molecular weight is 378 g/mol. The van der Waals surface area contributed by atoms with Gasteiger partial charge >= 0.3 is 0 Å². The number of benzene rings is 2. The normalized spacial score (nSPS) is 11.3. The Morgan fingerprint density at radius 2 is 1.86 bits per heavy atom. The second kappa shape index (κ2) is 10.2. The molecule has 0 radical (unpaired) electrons. The van der Waals surface area contributed by atoms with Gasteiger partial charge in [0.05, 0.1) is 13.7 Å². The molecule has 0 fully saturated rings. The number of methoxy groups -OCH3 is 1. The molecule has 0 saturated carbocycles. The summed E-state index contributed by atoms with van der Waals surface area (Å²) in [7, 11) is 1.67. The molecule has 0 unspecified atom stereocenters. The van der Waals surface area contributed by atoms with Crippen LogP contribution in [0, 0.1) is 0 Å². The van der Waals surface area contributed by atoms with E-state index in [1.165, 1.54) is 5.56 Å². The van der Waals surface area contributed by atoms with Crippen molar-refractivity contribution in [2.45, 2.75) is 19.9 Å². The number of ether oxygens (including phenoxy) is 1.